The lowest BCUT2D eigenvalue weighted by atomic mass is 10.1. The summed E-state index contributed by atoms with van der Waals surface area (Å²) in [5.74, 6) is 0. The van der Waals surface area contributed by atoms with E-state index in [-0.39, 0.29) is 18.4 Å². The lowest BCUT2D eigenvalue weighted by Crippen LogP contribution is -2.40. The van der Waals surface area contributed by atoms with E-state index in [9.17, 15) is 8.42 Å². The summed E-state index contributed by atoms with van der Waals surface area (Å²) in [6.45, 7) is 6.10. The van der Waals surface area contributed by atoms with Gasteiger partial charge in [0.1, 0.15) is 0 Å². The highest BCUT2D eigenvalue weighted by Crippen LogP contribution is 2.27. The Morgan fingerprint density at radius 1 is 1.20 bits per heavy atom. The first-order valence-corrected chi connectivity index (χ1v) is 9.94. The fourth-order valence-corrected chi connectivity index (χ4v) is 4.84. The Labute approximate surface area is 157 Å². The van der Waals surface area contributed by atoms with Gasteiger partial charge in [0.2, 0.25) is 10.0 Å². The minimum absolute atomic E-state index is 0. The standard InChI is InChI=1S/C19H26N2O2S.ClH/c1-15-9-11-21(12-10-15)18-8-7-17(14-18)20(3)24(22,23)19-6-4-5-16(2)13-19;/h4-9,13,17-18H,10-12,14H2,1-3H3;1H. The average Bonchev–Trinajstić information content (AvgIpc) is 3.04. The van der Waals surface area contributed by atoms with Crippen LogP contribution in [-0.4, -0.2) is 49.8 Å². The maximum Gasteiger partial charge on any atom is 0.243 e. The number of nitrogens with zero attached hydrogens (tertiary/aromatic N) is 2. The van der Waals surface area contributed by atoms with Gasteiger partial charge in [-0.2, -0.15) is 4.31 Å². The number of aryl methyl sites for hydroxylation is 1. The number of hydrogen-bond donors (Lipinski definition) is 0. The molecule has 1 aliphatic carbocycles. The van der Waals surface area contributed by atoms with Crippen LogP contribution in [0.5, 0.6) is 0 Å². The molecule has 2 aliphatic rings. The van der Waals surface area contributed by atoms with Crippen LogP contribution in [0.25, 0.3) is 0 Å². The van der Waals surface area contributed by atoms with Crippen molar-refractivity contribution in [1.82, 2.24) is 9.21 Å². The molecule has 2 atom stereocenters. The molecule has 6 heteroatoms. The molecule has 2 unspecified atom stereocenters. The lowest BCUT2D eigenvalue weighted by molar-refractivity contribution is 0.228. The van der Waals surface area contributed by atoms with E-state index < -0.39 is 10.0 Å². The molecule has 3 rings (SSSR count). The van der Waals surface area contributed by atoms with Crippen molar-refractivity contribution in [1.29, 1.82) is 0 Å². The van der Waals surface area contributed by atoms with Gasteiger partial charge in [0.05, 0.1) is 4.90 Å². The minimum atomic E-state index is -3.46. The third kappa shape index (κ3) is 4.34. The second-order valence-electron chi connectivity index (χ2n) is 6.89. The SMILES string of the molecule is CC1=CCN(C2C=CC(N(C)S(=O)(=O)c3cccc(C)c3)C2)CC1.Cl. The molecule has 0 saturated carbocycles. The van der Waals surface area contributed by atoms with Crippen LogP contribution in [0.4, 0.5) is 0 Å². The van der Waals surface area contributed by atoms with Crippen LogP contribution in [0.3, 0.4) is 0 Å². The highest BCUT2D eigenvalue weighted by atomic mass is 35.5. The van der Waals surface area contributed by atoms with Crippen molar-refractivity contribution in [2.45, 2.75) is 43.7 Å². The molecule has 4 nitrogen and oxygen atoms in total. The Kier molecular flexibility index (Phi) is 6.49. The molecule has 0 spiro atoms. The molecule has 1 aromatic rings. The van der Waals surface area contributed by atoms with Crippen molar-refractivity contribution in [3.8, 4) is 0 Å². The minimum Gasteiger partial charge on any atom is -0.293 e. The summed E-state index contributed by atoms with van der Waals surface area (Å²) in [5, 5.41) is 0. The van der Waals surface area contributed by atoms with Gasteiger partial charge < -0.3 is 0 Å². The molecular formula is C19H27ClN2O2S. The summed E-state index contributed by atoms with van der Waals surface area (Å²) in [6, 6.07) is 7.37. The molecule has 1 heterocycles. The zero-order valence-electron chi connectivity index (χ0n) is 15.1. The van der Waals surface area contributed by atoms with Gasteiger partial charge in [0.25, 0.3) is 0 Å². The van der Waals surface area contributed by atoms with E-state index in [2.05, 4.69) is 24.0 Å². The topological polar surface area (TPSA) is 40.6 Å². The second-order valence-corrected chi connectivity index (χ2v) is 8.89. The number of sulfonamides is 1. The predicted octanol–water partition coefficient (Wildman–Crippen LogP) is 3.39. The summed E-state index contributed by atoms with van der Waals surface area (Å²) < 4.78 is 27.2. The molecule has 0 aromatic heterocycles. The number of halogens is 1. The summed E-state index contributed by atoms with van der Waals surface area (Å²) in [7, 11) is -1.77. The fourth-order valence-electron chi connectivity index (χ4n) is 3.41. The molecule has 0 fully saturated rings. The highest BCUT2D eigenvalue weighted by Gasteiger charge is 2.33. The van der Waals surface area contributed by atoms with Crippen LogP contribution in [0.2, 0.25) is 0 Å². The number of likely N-dealkylation sites (N-methyl/N-ethyl adjacent to an activating group) is 1. The Morgan fingerprint density at radius 2 is 1.96 bits per heavy atom. The van der Waals surface area contributed by atoms with Gasteiger partial charge in [-0.25, -0.2) is 8.42 Å². The summed E-state index contributed by atoms with van der Waals surface area (Å²) >= 11 is 0. The first kappa shape index (κ1) is 20.2. The molecule has 0 radical (unpaired) electrons. The van der Waals surface area contributed by atoms with Gasteiger partial charge >= 0.3 is 0 Å². The van der Waals surface area contributed by atoms with Crippen molar-refractivity contribution in [2.24, 2.45) is 0 Å². The van der Waals surface area contributed by atoms with Gasteiger partial charge in [-0.1, -0.05) is 35.9 Å². The van der Waals surface area contributed by atoms with Crippen LogP contribution in [0.1, 0.15) is 25.3 Å². The Bertz CT molecular complexity index is 773. The first-order chi connectivity index (χ1) is 11.4. The summed E-state index contributed by atoms with van der Waals surface area (Å²) in [4.78, 5) is 2.80. The zero-order chi connectivity index (χ0) is 17.3. The van der Waals surface area contributed by atoms with Crippen molar-refractivity contribution in [2.75, 3.05) is 20.1 Å². The largest absolute Gasteiger partial charge is 0.293 e. The fraction of sp³-hybridized carbons (Fsp3) is 0.474. The van der Waals surface area contributed by atoms with E-state index in [0.29, 0.717) is 10.9 Å². The third-order valence-corrected chi connectivity index (χ3v) is 6.99. The molecule has 25 heavy (non-hydrogen) atoms. The van der Waals surface area contributed by atoms with Gasteiger partial charge in [-0.15, -0.1) is 12.4 Å². The molecule has 0 saturated heterocycles. The molecule has 0 amide bonds. The van der Waals surface area contributed by atoms with Crippen LogP contribution < -0.4 is 0 Å². The van der Waals surface area contributed by atoms with E-state index >= 15 is 0 Å². The highest BCUT2D eigenvalue weighted by molar-refractivity contribution is 7.89. The van der Waals surface area contributed by atoms with E-state index in [0.717, 1.165) is 31.5 Å². The quantitative estimate of drug-likeness (QED) is 0.749. The molecular weight excluding hydrogens is 356 g/mol. The lowest BCUT2D eigenvalue weighted by Gasteiger charge is -2.32. The van der Waals surface area contributed by atoms with E-state index in [4.69, 9.17) is 0 Å². The van der Waals surface area contributed by atoms with Crippen LogP contribution >= 0.6 is 12.4 Å². The summed E-state index contributed by atoms with van der Waals surface area (Å²) in [5.41, 5.74) is 2.41. The van der Waals surface area contributed by atoms with Gasteiger partial charge in [-0.3, -0.25) is 4.90 Å². The molecule has 1 aromatic carbocycles. The van der Waals surface area contributed by atoms with Crippen molar-refractivity contribution < 1.29 is 8.42 Å². The maximum atomic E-state index is 12.9. The van der Waals surface area contributed by atoms with Gasteiger partial charge in [0.15, 0.2) is 0 Å². The zero-order valence-corrected chi connectivity index (χ0v) is 16.7. The van der Waals surface area contributed by atoms with Crippen LogP contribution in [-0.2, 0) is 10.0 Å². The molecule has 0 N–H and O–H groups in total. The van der Waals surface area contributed by atoms with Gasteiger partial charge in [-0.05, 0) is 44.4 Å². The third-order valence-electron chi connectivity index (χ3n) is 5.11. The average molecular weight is 383 g/mol. The van der Waals surface area contributed by atoms with Crippen molar-refractivity contribution in [3.05, 3.63) is 53.6 Å². The van der Waals surface area contributed by atoms with Crippen molar-refractivity contribution >= 4 is 22.4 Å². The molecule has 138 valence electrons. The second kappa shape index (κ2) is 8.04. The van der Waals surface area contributed by atoms with Gasteiger partial charge in [0, 0.05) is 32.2 Å². The van der Waals surface area contributed by atoms with Crippen molar-refractivity contribution in [3.63, 3.8) is 0 Å². The predicted molar refractivity (Wildman–Crippen MR) is 105 cm³/mol. The first-order valence-electron chi connectivity index (χ1n) is 8.50. The smallest absolute Gasteiger partial charge is 0.243 e. The Hall–Kier alpha value is -1.14. The molecule has 1 aliphatic heterocycles. The number of benzene rings is 1. The van der Waals surface area contributed by atoms with Crippen LogP contribution in [0, 0.1) is 6.92 Å². The van der Waals surface area contributed by atoms with E-state index in [1.54, 1.807) is 25.2 Å². The normalized spacial score (nSPS) is 24.2. The monoisotopic (exact) mass is 382 g/mol. The number of hydrogen-bond acceptors (Lipinski definition) is 3. The molecule has 0 bridgehead atoms. The number of rotatable bonds is 4. The van der Waals surface area contributed by atoms with Crippen LogP contribution in [0.15, 0.2) is 53.0 Å². The maximum absolute atomic E-state index is 12.9. The van der Waals surface area contributed by atoms with E-state index in [1.165, 1.54) is 9.88 Å². The summed E-state index contributed by atoms with van der Waals surface area (Å²) in [6.07, 6.45) is 8.42. The Morgan fingerprint density at radius 3 is 2.60 bits per heavy atom. The Balaban J connectivity index is 0.00000225. The van der Waals surface area contributed by atoms with E-state index in [1.807, 2.05) is 19.1 Å².